The van der Waals surface area contributed by atoms with Crippen LogP contribution in [0.4, 0.5) is 5.13 Å². The second kappa shape index (κ2) is 7.04. The number of ketones is 1. The SMILES string of the molecule is O=C1CCCC2=C1[C@H](c1ccccc1Cl)[NH+]=C(Nc1nc3ccccc3s1)N2. The summed E-state index contributed by atoms with van der Waals surface area (Å²) in [6.45, 7) is 0. The molecule has 1 aliphatic heterocycles. The normalized spacial score (nSPS) is 19.2. The molecule has 3 aromatic rings. The number of nitrogens with zero attached hydrogens (tertiary/aromatic N) is 1. The maximum absolute atomic E-state index is 12.7. The molecule has 0 unspecified atom stereocenters. The maximum Gasteiger partial charge on any atom is 0.355 e. The molecule has 28 heavy (non-hydrogen) atoms. The largest absolute Gasteiger partial charge is 0.355 e. The fourth-order valence-corrected chi connectivity index (χ4v) is 4.89. The molecule has 3 N–H and O–H groups in total. The maximum atomic E-state index is 12.7. The zero-order valence-electron chi connectivity index (χ0n) is 15.0. The van der Waals surface area contributed by atoms with Crippen LogP contribution in [0.2, 0.25) is 5.02 Å². The van der Waals surface area contributed by atoms with Crippen LogP contribution in [0.15, 0.2) is 59.8 Å². The van der Waals surface area contributed by atoms with Crippen LogP contribution < -0.4 is 15.6 Å². The summed E-state index contributed by atoms with van der Waals surface area (Å²) < 4.78 is 1.12. The Kier molecular flexibility index (Phi) is 4.37. The first kappa shape index (κ1) is 17.4. The summed E-state index contributed by atoms with van der Waals surface area (Å²) in [6.07, 6.45) is 2.27. The number of anilines is 1. The van der Waals surface area contributed by atoms with Crippen LogP contribution in [0, 0.1) is 0 Å². The van der Waals surface area contributed by atoms with Crippen molar-refractivity contribution in [3.05, 3.63) is 70.4 Å². The molecule has 2 aromatic carbocycles. The number of halogens is 1. The Hall–Kier alpha value is -2.70. The van der Waals surface area contributed by atoms with E-state index in [0.29, 0.717) is 11.4 Å². The second-order valence-electron chi connectivity index (χ2n) is 6.88. The molecular formula is C21H18ClN4OS+. The van der Waals surface area contributed by atoms with Crippen LogP contribution in [0.25, 0.3) is 10.2 Å². The lowest BCUT2D eigenvalue weighted by molar-refractivity contribution is -0.501. The Morgan fingerprint density at radius 3 is 2.82 bits per heavy atom. The first-order valence-corrected chi connectivity index (χ1v) is 10.4. The van der Waals surface area contributed by atoms with Crippen LogP contribution in [0.5, 0.6) is 0 Å². The van der Waals surface area contributed by atoms with Gasteiger partial charge in [0.15, 0.2) is 5.78 Å². The van der Waals surface area contributed by atoms with Gasteiger partial charge in [-0.15, -0.1) is 0 Å². The minimum atomic E-state index is -0.283. The van der Waals surface area contributed by atoms with Gasteiger partial charge < -0.3 is 0 Å². The summed E-state index contributed by atoms with van der Waals surface area (Å²) in [7, 11) is 0. The van der Waals surface area contributed by atoms with Crippen molar-refractivity contribution in [1.29, 1.82) is 0 Å². The number of thiazole rings is 1. The van der Waals surface area contributed by atoms with Crippen molar-refractivity contribution < 1.29 is 9.79 Å². The Balaban J connectivity index is 1.54. The van der Waals surface area contributed by atoms with Gasteiger partial charge in [0.1, 0.15) is 6.04 Å². The zero-order chi connectivity index (χ0) is 19.1. The number of rotatable bonds is 2. The first-order valence-electron chi connectivity index (χ1n) is 9.23. The van der Waals surface area contributed by atoms with Gasteiger partial charge in [0.2, 0.25) is 0 Å². The molecule has 1 aliphatic carbocycles. The fraction of sp³-hybridized carbons (Fsp3) is 0.190. The molecule has 140 valence electrons. The van der Waals surface area contributed by atoms with Crippen LogP contribution in [-0.4, -0.2) is 16.7 Å². The van der Waals surface area contributed by atoms with E-state index in [4.69, 9.17) is 11.6 Å². The molecule has 7 heteroatoms. The molecule has 0 amide bonds. The van der Waals surface area contributed by atoms with E-state index in [2.05, 4.69) is 26.7 Å². The lowest BCUT2D eigenvalue weighted by Crippen LogP contribution is -2.82. The summed E-state index contributed by atoms with van der Waals surface area (Å²) in [5.74, 6) is 0.891. The topological polar surface area (TPSA) is 68.0 Å². The standard InChI is InChI=1S/C21H17ClN4OS/c22-13-7-2-1-6-12(13)19-18-15(9-5-10-16(18)27)23-20(25-19)26-21-24-14-8-3-4-11-17(14)28-21/h1-4,6-8,11,19H,5,9-10H2,(H2,23,24,25,26)/p+1/t19-/m0/s1. The van der Waals surface area contributed by atoms with Gasteiger partial charge in [0.05, 0.1) is 21.5 Å². The van der Waals surface area contributed by atoms with E-state index in [1.165, 1.54) is 0 Å². The monoisotopic (exact) mass is 409 g/mol. The second-order valence-corrected chi connectivity index (χ2v) is 8.32. The summed E-state index contributed by atoms with van der Waals surface area (Å²) in [4.78, 5) is 20.8. The predicted molar refractivity (Wildman–Crippen MR) is 112 cm³/mol. The van der Waals surface area contributed by atoms with Gasteiger partial charge in [0.25, 0.3) is 5.13 Å². The average Bonchev–Trinajstić information content (AvgIpc) is 3.10. The van der Waals surface area contributed by atoms with Crippen molar-refractivity contribution in [2.45, 2.75) is 25.3 Å². The lowest BCUT2D eigenvalue weighted by atomic mass is 9.86. The lowest BCUT2D eigenvalue weighted by Gasteiger charge is -2.27. The molecule has 0 saturated carbocycles. The molecule has 5 rings (SSSR count). The highest BCUT2D eigenvalue weighted by Crippen LogP contribution is 2.33. The van der Waals surface area contributed by atoms with Crippen molar-refractivity contribution in [1.82, 2.24) is 10.3 Å². The van der Waals surface area contributed by atoms with E-state index in [-0.39, 0.29) is 11.8 Å². The summed E-state index contributed by atoms with van der Waals surface area (Å²) in [5, 5.41) is 8.16. The molecule has 0 spiro atoms. The third kappa shape index (κ3) is 3.08. The van der Waals surface area contributed by atoms with Crippen molar-refractivity contribution in [2.75, 3.05) is 5.32 Å². The van der Waals surface area contributed by atoms with E-state index < -0.39 is 0 Å². The van der Waals surface area contributed by atoms with Crippen molar-refractivity contribution in [2.24, 2.45) is 0 Å². The highest BCUT2D eigenvalue weighted by Gasteiger charge is 2.36. The van der Waals surface area contributed by atoms with E-state index in [1.54, 1.807) is 11.3 Å². The Morgan fingerprint density at radius 1 is 1.14 bits per heavy atom. The number of fused-ring (bicyclic) bond motifs is 1. The predicted octanol–water partition coefficient (Wildman–Crippen LogP) is 3.15. The van der Waals surface area contributed by atoms with E-state index in [1.807, 2.05) is 42.5 Å². The number of hydrogen-bond donors (Lipinski definition) is 3. The molecular weight excluding hydrogens is 392 g/mol. The van der Waals surface area contributed by atoms with Crippen molar-refractivity contribution in [3.8, 4) is 0 Å². The van der Waals surface area contributed by atoms with Gasteiger partial charge in [0, 0.05) is 23.4 Å². The fourth-order valence-electron chi connectivity index (χ4n) is 3.77. The van der Waals surface area contributed by atoms with Gasteiger partial charge in [-0.25, -0.2) is 15.6 Å². The number of Topliss-reactive ketones (excluding diaryl/α,β-unsaturated/α-hetero) is 1. The molecule has 1 aromatic heterocycles. The van der Waals surface area contributed by atoms with Gasteiger partial charge in [-0.1, -0.05) is 53.3 Å². The number of para-hydroxylation sites is 1. The van der Waals surface area contributed by atoms with E-state index in [0.717, 1.165) is 51.0 Å². The first-order chi connectivity index (χ1) is 13.7. The van der Waals surface area contributed by atoms with Gasteiger partial charge in [-0.05, 0) is 24.6 Å². The van der Waals surface area contributed by atoms with Gasteiger partial charge >= 0.3 is 5.96 Å². The van der Waals surface area contributed by atoms with Gasteiger partial charge in [-0.2, -0.15) is 0 Å². The highest BCUT2D eigenvalue weighted by atomic mass is 35.5. The van der Waals surface area contributed by atoms with Crippen LogP contribution in [-0.2, 0) is 4.79 Å². The van der Waals surface area contributed by atoms with Crippen LogP contribution >= 0.6 is 22.9 Å². The van der Waals surface area contributed by atoms with E-state index in [9.17, 15) is 4.79 Å². The summed E-state index contributed by atoms with van der Waals surface area (Å²) in [6, 6.07) is 15.4. The minimum absolute atomic E-state index is 0.171. The van der Waals surface area contributed by atoms with Crippen molar-refractivity contribution >= 4 is 50.0 Å². The van der Waals surface area contributed by atoms with Crippen molar-refractivity contribution in [3.63, 3.8) is 0 Å². The molecule has 0 bridgehead atoms. The minimum Gasteiger partial charge on any atom is -0.294 e. The number of aromatic nitrogens is 1. The number of guanidine groups is 1. The molecule has 2 aliphatic rings. The number of carbonyl (C=O) groups excluding carboxylic acids is 1. The smallest absolute Gasteiger partial charge is 0.294 e. The molecule has 5 nitrogen and oxygen atoms in total. The number of benzene rings is 2. The van der Waals surface area contributed by atoms with Crippen LogP contribution in [0.3, 0.4) is 0 Å². The van der Waals surface area contributed by atoms with E-state index >= 15 is 0 Å². The Morgan fingerprint density at radius 2 is 1.96 bits per heavy atom. The third-order valence-corrected chi connectivity index (χ3v) is 6.35. The average molecular weight is 410 g/mol. The number of carbonyl (C=O) groups is 1. The Bertz CT molecular complexity index is 1120. The molecule has 2 heterocycles. The summed E-state index contributed by atoms with van der Waals surface area (Å²) >= 11 is 8.05. The van der Waals surface area contributed by atoms with Gasteiger partial charge in [-0.3, -0.25) is 9.79 Å². The number of hydrogen-bond acceptors (Lipinski definition) is 5. The summed E-state index contributed by atoms with van der Waals surface area (Å²) in [5.41, 5.74) is 3.61. The third-order valence-electron chi connectivity index (χ3n) is 5.05. The quantitative estimate of drug-likeness (QED) is 0.608. The molecule has 0 radical (unpaired) electrons. The zero-order valence-corrected chi connectivity index (χ0v) is 16.5. The van der Waals surface area contributed by atoms with Crippen LogP contribution in [0.1, 0.15) is 30.9 Å². The number of allylic oxidation sites excluding steroid dienone is 1. The molecule has 1 atom stereocenters. The Labute approximate surface area is 171 Å². The highest BCUT2D eigenvalue weighted by molar-refractivity contribution is 7.22. The number of nitrogens with one attached hydrogen (secondary N) is 3. The molecule has 0 fully saturated rings. The molecule has 0 saturated heterocycles.